The van der Waals surface area contributed by atoms with Crippen LogP contribution in [0.3, 0.4) is 0 Å². The van der Waals surface area contributed by atoms with E-state index in [9.17, 15) is 9.59 Å². The molecule has 0 radical (unpaired) electrons. The highest BCUT2D eigenvalue weighted by atomic mass is 16.5. The number of carbonyl (C=O) groups excluding carboxylic acids is 2. The number of methoxy groups -OCH3 is 1. The van der Waals surface area contributed by atoms with E-state index in [2.05, 4.69) is 10.6 Å². The average Bonchev–Trinajstić information content (AvgIpc) is 2.68. The number of nitrogens with zero attached hydrogens (tertiary/aromatic N) is 1. The molecule has 156 valence electrons. The van der Waals surface area contributed by atoms with Crippen LogP contribution in [0.2, 0.25) is 0 Å². The van der Waals surface area contributed by atoms with Gasteiger partial charge < -0.3 is 20.1 Å². The predicted molar refractivity (Wildman–Crippen MR) is 114 cm³/mol. The van der Waals surface area contributed by atoms with Crippen molar-refractivity contribution >= 4 is 17.5 Å². The van der Waals surface area contributed by atoms with Gasteiger partial charge in [0.05, 0.1) is 26.7 Å². The van der Waals surface area contributed by atoms with Crippen molar-refractivity contribution in [1.29, 1.82) is 0 Å². The molecular formula is C22H29N3O4. The van der Waals surface area contributed by atoms with Crippen LogP contribution in [0, 0.1) is 13.8 Å². The lowest BCUT2D eigenvalue weighted by Crippen LogP contribution is -2.40. The molecule has 0 aliphatic rings. The Kier molecular flexibility index (Phi) is 8.48. The predicted octanol–water partition coefficient (Wildman–Crippen LogP) is 2.38. The van der Waals surface area contributed by atoms with Crippen molar-refractivity contribution in [2.75, 3.05) is 45.7 Å². The molecule has 29 heavy (non-hydrogen) atoms. The molecule has 0 saturated heterocycles. The first kappa shape index (κ1) is 22.2. The van der Waals surface area contributed by atoms with Gasteiger partial charge in [0.2, 0.25) is 11.8 Å². The van der Waals surface area contributed by atoms with Gasteiger partial charge in [-0.15, -0.1) is 0 Å². The zero-order valence-electron chi connectivity index (χ0n) is 17.5. The van der Waals surface area contributed by atoms with Crippen molar-refractivity contribution in [2.45, 2.75) is 13.8 Å². The van der Waals surface area contributed by atoms with E-state index in [1.165, 1.54) is 0 Å². The van der Waals surface area contributed by atoms with Gasteiger partial charge in [-0.1, -0.05) is 30.3 Å². The fourth-order valence-electron chi connectivity index (χ4n) is 2.88. The number of amides is 2. The third kappa shape index (κ3) is 7.12. The molecule has 2 aromatic rings. The molecule has 0 spiro atoms. The van der Waals surface area contributed by atoms with Gasteiger partial charge in [-0.2, -0.15) is 0 Å². The first-order valence-corrected chi connectivity index (χ1v) is 9.48. The van der Waals surface area contributed by atoms with E-state index >= 15 is 0 Å². The summed E-state index contributed by atoms with van der Waals surface area (Å²) in [6, 6.07) is 13.2. The maximum absolute atomic E-state index is 12.3. The summed E-state index contributed by atoms with van der Waals surface area (Å²) in [5, 5.41) is 5.70. The SMILES string of the molecule is COc1ccccc1OCCNC(=O)CN(C)CC(=O)Nc1c(C)cccc1C. The van der Waals surface area contributed by atoms with E-state index in [-0.39, 0.29) is 24.9 Å². The molecule has 0 fully saturated rings. The Labute approximate surface area is 172 Å². The lowest BCUT2D eigenvalue weighted by molar-refractivity contribution is -0.123. The maximum Gasteiger partial charge on any atom is 0.238 e. The van der Waals surface area contributed by atoms with Crippen molar-refractivity contribution < 1.29 is 19.1 Å². The summed E-state index contributed by atoms with van der Waals surface area (Å²) in [6.07, 6.45) is 0. The van der Waals surface area contributed by atoms with Crippen LogP contribution in [0.5, 0.6) is 11.5 Å². The molecule has 0 aromatic heterocycles. The lowest BCUT2D eigenvalue weighted by atomic mass is 10.1. The minimum atomic E-state index is -0.170. The Bertz CT molecular complexity index is 818. The van der Waals surface area contributed by atoms with Crippen molar-refractivity contribution in [1.82, 2.24) is 10.2 Å². The molecule has 0 aliphatic carbocycles. The van der Waals surface area contributed by atoms with Gasteiger partial charge >= 0.3 is 0 Å². The number of hydrogen-bond donors (Lipinski definition) is 2. The van der Waals surface area contributed by atoms with Gasteiger partial charge in [0.1, 0.15) is 6.61 Å². The number of nitrogens with one attached hydrogen (secondary N) is 2. The number of para-hydroxylation sites is 3. The molecule has 7 heteroatoms. The molecule has 2 N–H and O–H groups in total. The van der Waals surface area contributed by atoms with Gasteiger partial charge in [0.25, 0.3) is 0 Å². The van der Waals surface area contributed by atoms with Gasteiger partial charge in [-0.05, 0) is 44.2 Å². The van der Waals surface area contributed by atoms with Crippen LogP contribution in [0.15, 0.2) is 42.5 Å². The Morgan fingerprint density at radius 1 is 0.931 bits per heavy atom. The summed E-state index contributed by atoms with van der Waals surface area (Å²) in [7, 11) is 3.31. The molecular weight excluding hydrogens is 370 g/mol. The van der Waals surface area contributed by atoms with Gasteiger partial charge in [-0.25, -0.2) is 0 Å². The van der Waals surface area contributed by atoms with Crippen molar-refractivity contribution in [3.8, 4) is 11.5 Å². The molecule has 7 nitrogen and oxygen atoms in total. The minimum Gasteiger partial charge on any atom is -0.493 e. The molecule has 2 aromatic carbocycles. The highest BCUT2D eigenvalue weighted by Crippen LogP contribution is 2.25. The second kappa shape index (κ2) is 11.1. The van der Waals surface area contributed by atoms with Crippen LogP contribution in [0.1, 0.15) is 11.1 Å². The normalized spacial score (nSPS) is 10.5. The van der Waals surface area contributed by atoms with Gasteiger partial charge in [-0.3, -0.25) is 14.5 Å². The number of likely N-dealkylation sites (N-methyl/N-ethyl adjacent to an activating group) is 1. The highest BCUT2D eigenvalue weighted by molar-refractivity contribution is 5.94. The number of ether oxygens (including phenoxy) is 2. The molecule has 2 rings (SSSR count). The first-order valence-electron chi connectivity index (χ1n) is 9.48. The molecule has 0 unspecified atom stereocenters. The zero-order chi connectivity index (χ0) is 21.2. The Hall–Kier alpha value is -3.06. The summed E-state index contributed by atoms with van der Waals surface area (Å²) < 4.78 is 10.8. The fourth-order valence-corrected chi connectivity index (χ4v) is 2.88. The van der Waals surface area contributed by atoms with E-state index < -0.39 is 0 Å². The van der Waals surface area contributed by atoms with Crippen LogP contribution < -0.4 is 20.1 Å². The van der Waals surface area contributed by atoms with E-state index in [0.29, 0.717) is 24.7 Å². The second-order valence-corrected chi connectivity index (χ2v) is 6.84. The third-order valence-corrected chi connectivity index (χ3v) is 4.32. The summed E-state index contributed by atoms with van der Waals surface area (Å²) in [5.74, 6) is 0.950. The highest BCUT2D eigenvalue weighted by Gasteiger charge is 2.12. The molecule has 0 bridgehead atoms. The van der Waals surface area contributed by atoms with Crippen LogP contribution >= 0.6 is 0 Å². The number of benzene rings is 2. The van der Waals surface area contributed by atoms with Crippen LogP contribution in [-0.2, 0) is 9.59 Å². The summed E-state index contributed by atoms with van der Waals surface area (Å²) in [5.41, 5.74) is 2.84. The van der Waals surface area contributed by atoms with Gasteiger partial charge in [0.15, 0.2) is 11.5 Å². The summed E-state index contributed by atoms with van der Waals surface area (Å²) >= 11 is 0. The van der Waals surface area contributed by atoms with Crippen LogP contribution in [-0.4, -0.2) is 57.1 Å². The molecule has 0 heterocycles. The summed E-state index contributed by atoms with van der Waals surface area (Å²) in [4.78, 5) is 26.0. The van der Waals surface area contributed by atoms with Crippen LogP contribution in [0.25, 0.3) is 0 Å². The Morgan fingerprint density at radius 3 is 2.21 bits per heavy atom. The van der Waals surface area contributed by atoms with Crippen molar-refractivity contribution in [3.63, 3.8) is 0 Å². The third-order valence-electron chi connectivity index (χ3n) is 4.32. The molecule has 0 saturated carbocycles. The fraction of sp³-hybridized carbons (Fsp3) is 0.364. The Morgan fingerprint density at radius 2 is 1.55 bits per heavy atom. The number of hydrogen-bond acceptors (Lipinski definition) is 5. The Balaban J connectivity index is 1.70. The minimum absolute atomic E-state index is 0.120. The van der Waals surface area contributed by atoms with Crippen LogP contribution in [0.4, 0.5) is 5.69 Å². The number of aryl methyl sites for hydroxylation is 2. The first-order chi connectivity index (χ1) is 13.9. The van der Waals surface area contributed by atoms with Crippen molar-refractivity contribution in [2.24, 2.45) is 0 Å². The standard InChI is InChI=1S/C22H29N3O4/c1-16-8-7-9-17(2)22(16)24-21(27)15-25(3)14-20(26)23-12-13-29-19-11-6-5-10-18(19)28-4/h5-11H,12-15H2,1-4H3,(H,23,26)(H,24,27). The molecule has 0 aliphatic heterocycles. The number of anilines is 1. The molecule has 2 amide bonds. The zero-order valence-corrected chi connectivity index (χ0v) is 17.5. The lowest BCUT2D eigenvalue weighted by Gasteiger charge is -2.17. The largest absolute Gasteiger partial charge is 0.493 e. The maximum atomic E-state index is 12.3. The summed E-state index contributed by atoms with van der Waals surface area (Å²) in [6.45, 7) is 4.83. The van der Waals surface area contributed by atoms with Gasteiger partial charge in [0, 0.05) is 5.69 Å². The van der Waals surface area contributed by atoms with E-state index in [0.717, 1.165) is 16.8 Å². The number of carbonyl (C=O) groups is 2. The quantitative estimate of drug-likeness (QED) is 0.600. The smallest absolute Gasteiger partial charge is 0.238 e. The monoisotopic (exact) mass is 399 g/mol. The van der Waals surface area contributed by atoms with Crippen molar-refractivity contribution in [3.05, 3.63) is 53.6 Å². The topological polar surface area (TPSA) is 79.9 Å². The molecule has 0 atom stereocenters. The second-order valence-electron chi connectivity index (χ2n) is 6.84. The number of rotatable bonds is 10. The van der Waals surface area contributed by atoms with E-state index in [1.54, 1.807) is 19.1 Å². The van der Waals surface area contributed by atoms with E-state index in [1.807, 2.05) is 56.3 Å². The average molecular weight is 399 g/mol. The van der Waals surface area contributed by atoms with E-state index in [4.69, 9.17) is 9.47 Å².